The number of rotatable bonds is 8. The van der Waals surface area contributed by atoms with Gasteiger partial charge in [0, 0.05) is 20.7 Å². The minimum absolute atomic E-state index is 0.609. The number of nitrogens with zero attached hydrogens (tertiary/aromatic N) is 2. The molecule has 2 N–H and O–H groups in total. The molecule has 19 heavy (non-hydrogen) atoms. The van der Waals surface area contributed by atoms with Crippen molar-refractivity contribution in [3.8, 4) is 0 Å². The number of hydrogen-bond donors (Lipinski definition) is 2. The zero-order valence-corrected chi connectivity index (χ0v) is 11.9. The van der Waals surface area contributed by atoms with Crippen LogP contribution in [0, 0.1) is 0 Å². The van der Waals surface area contributed by atoms with Gasteiger partial charge in [-0.05, 0) is 11.4 Å². The predicted octanol–water partition coefficient (Wildman–Crippen LogP) is 1.81. The second-order valence-electron chi connectivity index (χ2n) is 3.82. The van der Waals surface area contributed by atoms with E-state index in [1.807, 2.05) is 18.5 Å². The Kier molecular flexibility index (Phi) is 5.31. The summed E-state index contributed by atoms with van der Waals surface area (Å²) in [6.45, 7) is 2.55. The van der Waals surface area contributed by atoms with Crippen LogP contribution in [0.15, 0.2) is 11.4 Å². The molecule has 104 valence electrons. The molecule has 0 unspecified atom stereocenters. The van der Waals surface area contributed by atoms with Gasteiger partial charge in [0.15, 0.2) is 0 Å². The molecule has 2 aromatic rings. The Morgan fingerprint density at radius 1 is 1.26 bits per heavy atom. The highest BCUT2D eigenvalue weighted by Gasteiger charge is 2.07. The SMILES string of the molecule is CNc1nc(NCCOCCOC)c2ccsc2n1. The van der Waals surface area contributed by atoms with E-state index in [9.17, 15) is 0 Å². The molecule has 0 atom stereocenters. The Morgan fingerprint density at radius 3 is 2.95 bits per heavy atom. The molecule has 0 fully saturated rings. The fourth-order valence-electron chi connectivity index (χ4n) is 1.59. The molecule has 0 bridgehead atoms. The van der Waals surface area contributed by atoms with Crippen molar-refractivity contribution in [2.75, 3.05) is 51.2 Å². The number of fused-ring (bicyclic) bond motifs is 1. The molecule has 2 heterocycles. The molecule has 0 aromatic carbocycles. The Labute approximate surface area is 116 Å². The zero-order valence-electron chi connectivity index (χ0n) is 11.1. The summed E-state index contributed by atoms with van der Waals surface area (Å²) in [7, 11) is 3.47. The first-order chi connectivity index (χ1) is 9.35. The van der Waals surface area contributed by atoms with Gasteiger partial charge in [-0.3, -0.25) is 0 Å². The van der Waals surface area contributed by atoms with Gasteiger partial charge in [-0.2, -0.15) is 4.98 Å². The zero-order chi connectivity index (χ0) is 13.5. The molecule has 0 spiro atoms. The van der Waals surface area contributed by atoms with Crippen LogP contribution in [-0.2, 0) is 9.47 Å². The third-order valence-electron chi connectivity index (χ3n) is 2.52. The molecule has 6 nitrogen and oxygen atoms in total. The van der Waals surface area contributed by atoms with Crippen molar-refractivity contribution in [2.45, 2.75) is 0 Å². The van der Waals surface area contributed by atoms with Crippen LogP contribution in [0.5, 0.6) is 0 Å². The molecule has 0 aliphatic heterocycles. The number of thiophene rings is 1. The quantitative estimate of drug-likeness (QED) is 0.720. The van der Waals surface area contributed by atoms with Crippen molar-refractivity contribution in [3.63, 3.8) is 0 Å². The van der Waals surface area contributed by atoms with Crippen LogP contribution in [0.1, 0.15) is 0 Å². The van der Waals surface area contributed by atoms with Gasteiger partial charge in [0.1, 0.15) is 10.6 Å². The summed E-state index contributed by atoms with van der Waals surface area (Å²) in [6.07, 6.45) is 0. The van der Waals surface area contributed by atoms with Gasteiger partial charge in [-0.15, -0.1) is 11.3 Å². The van der Waals surface area contributed by atoms with E-state index in [0.717, 1.165) is 16.0 Å². The maximum atomic E-state index is 5.40. The first kappa shape index (κ1) is 14.0. The van der Waals surface area contributed by atoms with Gasteiger partial charge >= 0.3 is 0 Å². The number of ether oxygens (including phenoxy) is 2. The van der Waals surface area contributed by atoms with Crippen molar-refractivity contribution < 1.29 is 9.47 Å². The number of methoxy groups -OCH3 is 1. The minimum atomic E-state index is 0.609. The third kappa shape index (κ3) is 3.76. The highest BCUT2D eigenvalue weighted by Crippen LogP contribution is 2.26. The number of nitrogens with one attached hydrogen (secondary N) is 2. The maximum absolute atomic E-state index is 5.40. The molecular formula is C12H18N4O2S. The van der Waals surface area contributed by atoms with E-state index in [4.69, 9.17) is 9.47 Å². The number of hydrogen-bond acceptors (Lipinski definition) is 7. The lowest BCUT2D eigenvalue weighted by molar-refractivity contribution is 0.0759. The van der Waals surface area contributed by atoms with Crippen molar-refractivity contribution in [2.24, 2.45) is 0 Å². The second-order valence-corrected chi connectivity index (χ2v) is 4.71. The lowest BCUT2D eigenvalue weighted by atomic mass is 10.4. The average Bonchev–Trinajstić information content (AvgIpc) is 2.90. The van der Waals surface area contributed by atoms with E-state index in [1.165, 1.54) is 0 Å². The number of anilines is 2. The molecular weight excluding hydrogens is 264 g/mol. The third-order valence-corrected chi connectivity index (χ3v) is 3.33. The van der Waals surface area contributed by atoms with Crippen LogP contribution in [0.2, 0.25) is 0 Å². The van der Waals surface area contributed by atoms with Gasteiger partial charge in [0.2, 0.25) is 5.95 Å². The summed E-state index contributed by atoms with van der Waals surface area (Å²) in [5, 5.41) is 9.29. The van der Waals surface area contributed by atoms with Crippen LogP contribution in [0.3, 0.4) is 0 Å². The Morgan fingerprint density at radius 2 is 2.16 bits per heavy atom. The molecule has 0 saturated heterocycles. The monoisotopic (exact) mass is 282 g/mol. The molecule has 2 aromatic heterocycles. The fraction of sp³-hybridized carbons (Fsp3) is 0.500. The molecule has 7 heteroatoms. The van der Waals surface area contributed by atoms with E-state index < -0.39 is 0 Å². The van der Waals surface area contributed by atoms with Crippen LogP contribution < -0.4 is 10.6 Å². The molecule has 0 amide bonds. The van der Waals surface area contributed by atoms with Gasteiger partial charge in [-0.25, -0.2) is 4.98 Å². The van der Waals surface area contributed by atoms with Gasteiger partial charge < -0.3 is 20.1 Å². The van der Waals surface area contributed by atoms with Gasteiger partial charge in [0.25, 0.3) is 0 Å². The topological polar surface area (TPSA) is 68.3 Å². The lowest BCUT2D eigenvalue weighted by Gasteiger charge is -2.09. The molecule has 2 rings (SSSR count). The van der Waals surface area contributed by atoms with Crippen LogP contribution >= 0.6 is 11.3 Å². The lowest BCUT2D eigenvalue weighted by Crippen LogP contribution is -2.13. The Balaban J connectivity index is 1.93. The van der Waals surface area contributed by atoms with Crippen LogP contribution in [0.25, 0.3) is 10.2 Å². The standard InChI is InChI=1S/C12H18N4O2S/c1-13-12-15-10(9-3-8-19-11(9)16-12)14-4-5-18-7-6-17-2/h3,8H,4-7H2,1-2H3,(H2,13,14,15,16). The average molecular weight is 282 g/mol. The highest BCUT2D eigenvalue weighted by molar-refractivity contribution is 7.16. The highest BCUT2D eigenvalue weighted by atomic mass is 32.1. The summed E-state index contributed by atoms with van der Waals surface area (Å²) in [6, 6.07) is 2.02. The minimum Gasteiger partial charge on any atom is -0.382 e. The maximum Gasteiger partial charge on any atom is 0.225 e. The van der Waals surface area contributed by atoms with Crippen LogP contribution in [-0.4, -0.2) is 50.5 Å². The van der Waals surface area contributed by atoms with Crippen molar-refractivity contribution in [3.05, 3.63) is 11.4 Å². The Hall–Kier alpha value is -1.44. The van der Waals surface area contributed by atoms with Gasteiger partial charge in [0.05, 0.1) is 25.2 Å². The van der Waals surface area contributed by atoms with E-state index in [1.54, 1.807) is 18.4 Å². The largest absolute Gasteiger partial charge is 0.382 e. The second kappa shape index (κ2) is 7.22. The van der Waals surface area contributed by atoms with E-state index in [0.29, 0.717) is 32.3 Å². The predicted molar refractivity (Wildman–Crippen MR) is 78.1 cm³/mol. The Bertz CT molecular complexity index is 517. The summed E-state index contributed by atoms with van der Waals surface area (Å²) in [5.74, 6) is 1.46. The van der Waals surface area contributed by atoms with Gasteiger partial charge in [-0.1, -0.05) is 0 Å². The summed E-state index contributed by atoms with van der Waals surface area (Å²) in [5.41, 5.74) is 0. The first-order valence-electron chi connectivity index (χ1n) is 6.08. The van der Waals surface area contributed by atoms with E-state index in [-0.39, 0.29) is 0 Å². The molecule has 0 aliphatic rings. The van der Waals surface area contributed by atoms with E-state index in [2.05, 4.69) is 20.6 Å². The molecule has 0 radical (unpaired) electrons. The van der Waals surface area contributed by atoms with Crippen molar-refractivity contribution in [1.82, 2.24) is 9.97 Å². The van der Waals surface area contributed by atoms with Crippen molar-refractivity contribution in [1.29, 1.82) is 0 Å². The normalized spacial score (nSPS) is 10.8. The summed E-state index contributed by atoms with van der Waals surface area (Å²) < 4.78 is 10.3. The number of aromatic nitrogens is 2. The summed E-state index contributed by atoms with van der Waals surface area (Å²) >= 11 is 1.60. The first-order valence-corrected chi connectivity index (χ1v) is 6.96. The fourth-order valence-corrected chi connectivity index (χ4v) is 2.35. The molecule has 0 saturated carbocycles. The smallest absolute Gasteiger partial charge is 0.225 e. The van der Waals surface area contributed by atoms with E-state index >= 15 is 0 Å². The van der Waals surface area contributed by atoms with Crippen molar-refractivity contribution >= 4 is 33.3 Å². The summed E-state index contributed by atoms with van der Waals surface area (Å²) in [4.78, 5) is 9.78. The molecule has 0 aliphatic carbocycles. The van der Waals surface area contributed by atoms with Crippen LogP contribution in [0.4, 0.5) is 11.8 Å².